The van der Waals surface area contributed by atoms with E-state index in [1.165, 1.54) is 0 Å². The molecule has 1 aliphatic rings. The summed E-state index contributed by atoms with van der Waals surface area (Å²) in [6.07, 6.45) is -0.940. The van der Waals surface area contributed by atoms with Crippen LogP contribution in [0.1, 0.15) is 0 Å². The molecule has 1 heterocycles. The minimum atomic E-state index is -1.05. The van der Waals surface area contributed by atoms with E-state index in [0.29, 0.717) is 0 Å². The van der Waals surface area contributed by atoms with Crippen molar-refractivity contribution in [3.05, 3.63) is 0 Å². The van der Waals surface area contributed by atoms with Gasteiger partial charge in [-0.1, -0.05) is 0 Å². The van der Waals surface area contributed by atoms with Gasteiger partial charge in [-0.2, -0.15) is 0 Å². The van der Waals surface area contributed by atoms with E-state index < -0.39 is 12.1 Å². The van der Waals surface area contributed by atoms with E-state index in [9.17, 15) is 4.79 Å². The number of carbonyl (C=O) groups is 1. The number of nitrogens with zero attached hydrogens (tertiary/aromatic N) is 1. The molecule has 1 unspecified atom stereocenters. The van der Waals surface area contributed by atoms with E-state index in [0.717, 1.165) is 0 Å². The Bertz CT molecular complexity index is 165. The quantitative estimate of drug-likeness (QED) is 0.323. The first kappa shape index (κ1) is 5.83. The van der Waals surface area contributed by atoms with Gasteiger partial charge in [-0.25, -0.2) is 15.2 Å². The SMILES string of the molecule is NC1=NC(C(=O)O)NN1. The number of hydrogen-bond donors (Lipinski definition) is 4. The van der Waals surface area contributed by atoms with Crippen molar-refractivity contribution < 1.29 is 9.90 Å². The second-order valence-corrected chi connectivity index (χ2v) is 1.52. The zero-order valence-electron chi connectivity index (χ0n) is 4.46. The molecule has 0 amide bonds. The molecule has 0 aliphatic carbocycles. The number of hydrogen-bond acceptors (Lipinski definition) is 5. The van der Waals surface area contributed by atoms with Crippen LogP contribution in [0.5, 0.6) is 0 Å². The summed E-state index contributed by atoms with van der Waals surface area (Å²) < 4.78 is 0. The second kappa shape index (κ2) is 1.90. The van der Waals surface area contributed by atoms with Crippen molar-refractivity contribution in [1.82, 2.24) is 10.9 Å². The Labute approximate surface area is 50.7 Å². The molecular weight excluding hydrogens is 124 g/mol. The van der Waals surface area contributed by atoms with Crippen molar-refractivity contribution >= 4 is 11.9 Å². The summed E-state index contributed by atoms with van der Waals surface area (Å²) in [4.78, 5) is 13.5. The third kappa shape index (κ3) is 1.08. The molecule has 0 fully saturated rings. The van der Waals surface area contributed by atoms with Crippen molar-refractivity contribution in [2.75, 3.05) is 0 Å². The Hall–Kier alpha value is -1.30. The van der Waals surface area contributed by atoms with Gasteiger partial charge in [0.2, 0.25) is 12.1 Å². The topological polar surface area (TPSA) is 99.7 Å². The van der Waals surface area contributed by atoms with E-state index >= 15 is 0 Å². The second-order valence-electron chi connectivity index (χ2n) is 1.52. The molecule has 1 atom stereocenters. The first-order chi connectivity index (χ1) is 4.20. The van der Waals surface area contributed by atoms with E-state index in [2.05, 4.69) is 15.8 Å². The normalized spacial score (nSPS) is 24.9. The third-order valence-electron chi connectivity index (χ3n) is 0.839. The molecule has 50 valence electrons. The number of aliphatic carboxylic acids is 1. The predicted octanol–water partition coefficient (Wildman–Crippen LogP) is -2.18. The Morgan fingerprint density at radius 3 is 2.78 bits per heavy atom. The highest BCUT2D eigenvalue weighted by atomic mass is 16.4. The molecule has 0 saturated carbocycles. The van der Waals surface area contributed by atoms with Gasteiger partial charge >= 0.3 is 5.97 Å². The lowest BCUT2D eigenvalue weighted by atomic mass is 10.5. The lowest BCUT2D eigenvalue weighted by Crippen LogP contribution is -2.41. The fraction of sp³-hybridized carbons (Fsp3) is 0.333. The van der Waals surface area contributed by atoms with Crippen LogP contribution in [0.4, 0.5) is 0 Å². The molecule has 6 nitrogen and oxygen atoms in total. The Morgan fingerprint density at radius 2 is 2.56 bits per heavy atom. The fourth-order valence-corrected chi connectivity index (χ4v) is 0.463. The first-order valence-corrected chi connectivity index (χ1v) is 2.28. The van der Waals surface area contributed by atoms with E-state index in [4.69, 9.17) is 10.8 Å². The number of guanidine groups is 1. The average molecular weight is 130 g/mol. The first-order valence-electron chi connectivity index (χ1n) is 2.28. The molecule has 0 aromatic carbocycles. The van der Waals surface area contributed by atoms with Crippen molar-refractivity contribution in [3.8, 4) is 0 Å². The Kier molecular flexibility index (Phi) is 1.23. The highest BCUT2D eigenvalue weighted by molar-refractivity contribution is 5.85. The molecule has 1 aliphatic heterocycles. The number of hydrazine groups is 1. The van der Waals surface area contributed by atoms with Crippen LogP contribution in [0.3, 0.4) is 0 Å². The van der Waals surface area contributed by atoms with Crippen LogP contribution in [0.2, 0.25) is 0 Å². The van der Waals surface area contributed by atoms with Crippen LogP contribution in [0, 0.1) is 0 Å². The van der Waals surface area contributed by atoms with E-state index in [-0.39, 0.29) is 5.96 Å². The molecule has 6 heteroatoms. The van der Waals surface area contributed by atoms with Crippen molar-refractivity contribution in [2.45, 2.75) is 6.17 Å². The monoisotopic (exact) mass is 130 g/mol. The number of aliphatic imine (C=N–C) groups is 1. The number of rotatable bonds is 1. The van der Waals surface area contributed by atoms with Gasteiger partial charge in [0.1, 0.15) is 0 Å². The highest BCUT2D eigenvalue weighted by Gasteiger charge is 2.20. The number of nitrogens with one attached hydrogen (secondary N) is 2. The molecular formula is C3H6N4O2. The van der Waals surface area contributed by atoms with Crippen LogP contribution in [-0.2, 0) is 4.79 Å². The van der Waals surface area contributed by atoms with Gasteiger partial charge < -0.3 is 10.8 Å². The highest BCUT2D eigenvalue weighted by Crippen LogP contribution is 1.88. The molecule has 9 heavy (non-hydrogen) atoms. The molecule has 0 aromatic heterocycles. The van der Waals surface area contributed by atoms with Crippen LogP contribution in [0.25, 0.3) is 0 Å². The third-order valence-corrected chi connectivity index (χ3v) is 0.839. The predicted molar refractivity (Wildman–Crippen MR) is 29.3 cm³/mol. The maximum Gasteiger partial charge on any atom is 0.345 e. The van der Waals surface area contributed by atoms with Crippen molar-refractivity contribution in [1.29, 1.82) is 0 Å². The van der Waals surface area contributed by atoms with Crippen molar-refractivity contribution in [3.63, 3.8) is 0 Å². The van der Waals surface area contributed by atoms with Gasteiger partial charge in [0.25, 0.3) is 0 Å². The van der Waals surface area contributed by atoms with Gasteiger partial charge in [-0.05, 0) is 0 Å². The smallest absolute Gasteiger partial charge is 0.345 e. The Balaban J connectivity index is 2.57. The van der Waals surface area contributed by atoms with Crippen molar-refractivity contribution in [2.24, 2.45) is 10.7 Å². The van der Waals surface area contributed by atoms with Crippen LogP contribution in [0.15, 0.2) is 4.99 Å². The largest absolute Gasteiger partial charge is 0.479 e. The van der Waals surface area contributed by atoms with Gasteiger partial charge in [0.15, 0.2) is 0 Å². The van der Waals surface area contributed by atoms with Gasteiger partial charge in [0.05, 0.1) is 0 Å². The zero-order valence-corrected chi connectivity index (χ0v) is 4.46. The number of carboxylic acids is 1. The molecule has 1 rings (SSSR count). The average Bonchev–Trinajstić information content (AvgIpc) is 2.14. The molecule has 0 radical (unpaired) electrons. The Morgan fingerprint density at radius 1 is 1.89 bits per heavy atom. The molecule has 5 N–H and O–H groups in total. The van der Waals surface area contributed by atoms with E-state index in [1.54, 1.807) is 0 Å². The summed E-state index contributed by atoms with van der Waals surface area (Å²) in [6, 6.07) is 0. The molecule has 0 aromatic rings. The summed E-state index contributed by atoms with van der Waals surface area (Å²) in [5.41, 5.74) is 9.75. The molecule has 0 bridgehead atoms. The van der Waals surface area contributed by atoms with Gasteiger partial charge in [0, 0.05) is 0 Å². The summed E-state index contributed by atoms with van der Waals surface area (Å²) >= 11 is 0. The lowest BCUT2D eigenvalue weighted by molar-refractivity contribution is -0.139. The fourth-order valence-electron chi connectivity index (χ4n) is 0.463. The minimum Gasteiger partial charge on any atom is -0.479 e. The van der Waals surface area contributed by atoms with Crippen LogP contribution < -0.4 is 16.6 Å². The summed E-state index contributed by atoms with van der Waals surface area (Å²) in [7, 11) is 0. The standard InChI is InChI=1S/C3H6N4O2/c4-3-5-1(2(8)9)6-7-3/h1,6H,(H,8,9)(H3,4,5,7). The molecule has 0 saturated heterocycles. The van der Waals surface area contributed by atoms with Gasteiger partial charge in [-0.3, -0.25) is 5.43 Å². The van der Waals surface area contributed by atoms with E-state index in [1.807, 2.05) is 0 Å². The summed E-state index contributed by atoms with van der Waals surface area (Å²) in [6.45, 7) is 0. The van der Waals surface area contributed by atoms with Crippen LogP contribution >= 0.6 is 0 Å². The number of carboxylic acid groups (broad SMARTS) is 1. The van der Waals surface area contributed by atoms with Gasteiger partial charge in [-0.15, -0.1) is 0 Å². The maximum atomic E-state index is 10.1. The summed E-state index contributed by atoms with van der Waals surface area (Å²) in [5, 5.41) is 8.27. The summed E-state index contributed by atoms with van der Waals surface area (Å²) in [5.74, 6) is -0.953. The minimum absolute atomic E-state index is 0.0994. The zero-order chi connectivity index (χ0) is 6.85. The van der Waals surface area contributed by atoms with Crippen LogP contribution in [-0.4, -0.2) is 23.2 Å². The number of nitrogens with two attached hydrogens (primary N) is 1. The molecule has 0 spiro atoms. The lowest BCUT2D eigenvalue weighted by Gasteiger charge is -1.97. The maximum absolute atomic E-state index is 10.1.